The average molecular weight is 723 g/mol. The highest BCUT2D eigenvalue weighted by Crippen LogP contribution is 2.53. The molecule has 0 fully saturated rings. The number of rotatable bonds is 3. The third-order valence-corrected chi connectivity index (χ3v) is 13.0. The third kappa shape index (κ3) is 4.68. The first-order chi connectivity index (χ1) is 28.0. The van der Waals surface area contributed by atoms with Crippen LogP contribution in [0.4, 0.5) is 0 Å². The predicted molar refractivity (Wildman–Crippen MR) is 245 cm³/mol. The smallest absolute Gasteiger partial charge is 0.0159 e. The van der Waals surface area contributed by atoms with Crippen molar-refractivity contribution in [3.8, 4) is 44.5 Å². The molecule has 266 valence electrons. The molecule has 0 nitrogen and oxygen atoms in total. The maximum Gasteiger partial charge on any atom is 0.0159 e. The molecule has 0 unspecified atom stereocenters. The molecule has 0 aliphatic heterocycles. The zero-order valence-corrected chi connectivity index (χ0v) is 32.0. The van der Waals surface area contributed by atoms with Crippen LogP contribution < -0.4 is 0 Å². The Hall–Kier alpha value is -7.02. The third-order valence-electron chi connectivity index (χ3n) is 13.0. The summed E-state index contributed by atoms with van der Waals surface area (Å²) >= 11 is 0. The van der Waals surface area contributed by atoms with E-state index in [4.69, 9.17) is 0 Å². The normalized spacial score (nSPS) is 13.2. The second kappa shape index (κ2) is 12.0. The summed E-state index contributed by atoms with van der Waals surface area (Å²) in [5, 5.41) is 15.6. The topological polar surface area (TPSA) is 0 Å². The Morgan fingerprint density at radius 1 is 0.263 bits per heavy atom. The van der Waals surface area contributed by atoms with Crippen molar-refractivity contribution in [2.24, 2.45) is 0 Å². The summed E-state index contributed by atoms with van der Waals surface area (Å²) in [7, 11) is 0. The minimum Gasteiger partial charge on any atom is -0.0616 e. The summed E-state index contributed by atoms with van der Waals surface area (Å²) in [4.78, 5) is 0. The summed E-state index contributed by atoms with van der Waals surface area (Å²) in [6.45, 7) is 4.83. The Bertz CT molecular complexity index is 3410. The average Bonchev–Trinajstić information content (AvgIpc) is 3.49. The molecule has 0 saturated carbocycles. The van der Waals surface area contributed by atoms with Crippen molar-refractivity contribution in [3.05, 3.63) is 205 Å². The fraction of sp³-hybridized carbons (Fsp3) is 0.0526. The van der Waals surface area contributed by atoms with Gasteiger partial charge in [0.25, 0.3) is 0 Å². The molecule has 12 rings (SSSR count). The van der Waals surface area contributed by atoms with Crippen LogP contribution in [0.15, 0.2) is 194 Å². The number of fused-ring (bicyclic) bond motifs is 12. The standard InChI is InChI=1S/C57H38/c1-57(2)53-32-40(29-30-45(53)52-33-50-43-17-7-5-15-41(43)42-16-6-8-18-44(42)51(50)34-54(52)57)56-48-21-11-9-19-46(48)55(47-20-10-12-22-49(47)56)37-26-23-36(24-27-37)39-28-25-35-13-3-4-14-38(35)31-39/h3-34H,1-2H3. The van der Waals surface area contributed by atoms with Crippen LogP contribution in [0.1, 0.15) is 25.0 Å². The molecule has 0 atom stereocenters. The summed E-state index contributed by atoms with van der Waals surface area (Å²) in [6, 6.07) is 72.6. The summed E-state index contributed by atoms with van der Waals surface area (Å²) in [5.74, 6) is 0. The first kappa shape index (κ1) is 32.2. The van der Waals surface area contributed by atoms with Gasteiger partial charge in [0.2, 0.25) is 0 Å². The van der Waals surface area contributed by atoms with Crippen molar-refractivity contribution in [1.82, 2.24) is 0 Å². The fourth-order valence-corrected chi connectivity index (χ4v) is 10.2. The van der Waals surface area contributed by atoms with Crippen LogP contribution in [0, 0.1) is 0 Å². The Morgan fingerprint density at radius 2 is 0.684 bits per heavy atom. The second-order valence-electron chi connectivity index (χ2n) is 16.4. The van der Waals surface area contributed by atoms with Gasteiger partial charge in [-0.05, 0) is 145 Å². The lowest BCUT2D eigenvalue weighted by atomic mass is 9.79. The molecule has 0 heterocycles. The highest BCUT2D eigenvalue weighted by molar-refractivity contribution is 6.26. The van der Waals surface area contributed by atoms with Gasteiger partial charge in [-0.25, -0.2) is 0 Å². The van der Waals surface area contributed by atoms with Gasteiger partial charge >= 0.3 is 0 Å². The van der Waals surface area contributed by atoms with Gasteiger partial charge in [0.15, 0.2) is 0 Å². The fourth-order valence-electron chi connectivity index (χ4n) is 10.2. The molecule has 57 heavy (non-hydrogen) atoms. The molecule has 0 radical (unpaired) electrons. The Morgan fingerprint density at radius 3 is 1.28 bits per heavy atom. The second-order valence-corrected chi connectivity index (χ2v) is 16.4. The highest BCUT2D eigenvalue weighted by Gasteiger charge is 2.36. The van der Waals surface area contributed by atoms with Crippen LogP contribution in [0.2, 0.25) is 0 Å². The lowest BCUT2D eigenvalue weighted by Crippen LogP contribution is -2.15. The summed E-state index contributed by atoms with van der Waals surface area (Å²) < 4.78 is 0. The van der Waals surface area contributed by atoms with Gasteiger partial charge in [-0.15, -0.1) is 0 Å². The van der Waals surface area contributed by atoms with Crippen molar-refractivity contribution in [2.75, 3.05) is 0 Å². The monoisotopic (exact) mass is 722 g/mol. The molecule has 11 aromatic rings. The Kier molecular flexibility index (Phi) is 6.78. The van der Waals surface area contributed by atoms with Gasteiger partial charge in [0, 0.05) is 5.41 Å². The molecule has 0 spiro atoms. The molecule has 0 heteroatoms. The molecular weight excluding hydrogens is 685 g/mol. The van der Waals surface area contributed by atoms with E-state index in [1.54, 1.807) is 0 Å². The molecule has 1 aliphatic rings. The molecule has 0 N–H and O–H groups in total. The van der Waals surface area contributed by atoms with Crippen LogP contribution in [-0.4, -0.2) is 0 Å². The van der Waals surface area contributed by atoms with Gasteiger partial charge in [-0.1, -0.05) is 184 Å². The van der Waals surface area contributed by atoms with E-state index in [-0.39, 0.29) is 5.41 Å². The van der Waals surface area contributed by atoms with Gasteiger partial charge in [-0.3, -0.25) is 0 Å². The Balaban J connectivity index is 1.03. The van der Waals surface area contributed by atoms with Crippen molar-refractivity contribution >= 4 is 64.6 Å². The Labute approximate surface area is 332 Å². The SMILES string of the molecule is CC1(C)c2cc(-c3c4ccccc4c(-c4ccc(-c5ccc6ccccc6c5)cc4)c4ccccc34)ccc2-c2cc3c4ccccc4c4ccccc4c3cc21. The maximum atomic E-state index is 2.50. The molecular formula is C57H38. The zero-order chi connectivity index (χ0) is 37.8. The molecule has 0 bridgehead atoms. The van der Waals surface area contributed by atoms with Gasteiger partial charge in [-0.2, -0.15) is 0 Å². The number of hydrogen-bond donors (Lipinski definition) is 0. The van der Waals surface area contributed by atoms with E-state index >= 15 is 0 Å². The highest BCUT2D eigenvalue weighted by atomic mass is 14.4. The van der Waals surface area contributed by atoms with Crippen LogP contribution in [0.5, 0.6) is 0 Å². The van der Waals surface area contributed by atoms with Crippen molar-refractivity contribution < 1.29 is 0 Å². The van der Waals surface area contributed by atoms with Crippen LogP contribution in [0.3, 0.4) is 0 Å². The van der Waals surface area contributed by atoms with E-state index < -0.39 is 0 Å². The molecule has 0 aromatic heterocycles. The van der Waals surface area contributed by atoms with E-state index in [1.807, 2.05) is 0 Å². The lowest BCUT2D eigenvalue weighted by Gasteiger charge is -2.23. The number of benzene rings is 11. The van der Waals surface area contributed by atoms with Crippen molar-refractivity contribution in [1.29, 1.82) is 0 Å². The molecule has 1 aliphatic carbocycles. The quantitative estimate of drug-likeness (QED) is 0.126. The zero-order valence-electron chi connectivity index (χ0n) is 32.0. The van der Waals surface area contributed by atoms with E-state index in [0.717, 1.165) is 0 Å². The molecule has 0 amide bonds. The van der Waals surface area contributed by atoms with E-state index in [2.05, 4.69) is 208 Å². The van der Waals surface area contributed by atoms with E-state index in [0.29, 0.717) is 0 Å². The lowest BCUT2D eigenvalue weighted by molar-refractivity contribution is 0.661. The largest absolute Gasteiger partial charge is 0.0616 e. The van der Waals surface area contributed by atoms with Crippen molar-refractivity contribution in [3.63, 3.8) is 0 Å². The van der Waals surface area contributed by atoms with E-state index in [1.165, 1.54) is 120 Å². The van der Waals surface area contributed by atoms with Gasteiger partial charge in [0.1, 0.15) is 0 Å². The summed E-state index contributed by atoms with van der Waals surface area (Å²) in [5.41, 5.74) is 12.9. The van der Waals surface area contributed by atoms with Crippen molar-refractivity contribution in [2.45, 2.75) is 19.3 Å². The molecule has 11 aromatic carbocycles. The first-order valence-corrected chi connectivity index (χ1v) is 20.1. The predicted octanol–water partition coefficient (Wildman–Crippen LogP) is 15.9. The minimum atomic E-state index is -0.167. The van der Waals surface area contributed by atoms with Crippen LogP contribution in [0.25, 0.3) is 109 Å². The minimum absolute atomic E-state index is 0.167. The first-order valence-electron chi connectivity index (χ1n) is 20.1. The maximum absolute atomic E-state index is 2.50. The van der Waals surface area contributed by atoms with Crippen LogP contribution >= 0.6 is 0 Å². The van der Waals surface area contributed by atoms with E-state index in [9.17, 15) is 0 Å². The molecule has 0 saturated heterocycles. The van der Waals surface area contributed by atoms with Gasteiger partial charge in [0.05, 0.1) is 0 Å². The van der Waals surface area contributed by atoms with Crippen LogP contribution in [-0.2, 0) is 5.41 Å². The van der Waals surface area contributed by atoms with Gasteiger partial charge < -0.3 is 0 Å². The summed E-state index contributed by atoms with van der Waals surface area (Å²) in [6.07, 6.45) is 0. The number of hydrogen-bond acceptors (Lipinski definition) is 0.